The maximum absolute atomic E-state index is 12.3. The number of nitrogens with one attached hydrogen (secondary N) is 1. The van der Waals surface area contributed by atoms with Gasteiger partial charge in [0, 0.05) is 16.7 Å². The second-order valence-electron chi connectivity index (χ2n) is 6.52. The quantitative estimate of drug-likeness (QED) is 0.732. The molecule has 2 aromatic carbocycles. The molecule has 2 rings (SSSR count). The SMILES string of the molecule is CNC(C)(C)CC(O)COc1ccc(C(=O)c2ccccc2)cc1. The number of aliphatic hydroxyl groups is 1. The van der Waals surface area contributed by atoms with Crippen molar-refractivity contribution < 1.29 is 14.6 Å². The number of ether oxygens (including phenoxy) is 1. The van der Waals surface area contributed by atoms with E-state index in [1.807, 2.05) is 39.1 Å². The minimum absolute atomic E-state index is 0.0158. The van der Waals surface area contributed by atoms with Gasteiger partial charge in [0.25, 0.3) is 0 Å². The Morgan fingerprint density at radius 2 is 1.67 bits per heavy atom. The van der Waals surface area contributed by atoms with Crippen LogP contribution in [0.15, 0.2) is 54.6 Å². The van der Waals surface area contributed by atoms with Crippen LogP contribution in [0.2, 0.25) is 0 Å². The maximum atomic E-state index is 12.3. The zero-order valence-corrected chi connectivity index (χ0v) is 14.5. The van der Waals surface area contributed by atoms with Crippen LogP contribution in [0.4, 0.5) is 0 Å². The third kappa shape index (κ3) is 5.18. The highest BCUT2D eigenvalue weighted by Crippen LogP contribution is 2.17. The predicted molar refractivity (Wildman–Crippen MR) is 95.6 cm³/mol. The van der Waals surface area contributed by atoms with Crippen molar-refractivity contribution in [1.29, 1.82) is 0 Å². The van der Waals surface area contributed by atoms with Crippen LogP contribution in [0.5, 0.6) is 5.75 Å². The van der Waals surface area contributed by atoms with Gasteiger partial charge in [-0.05, 0) is 51.6 Å². The molecule has 24 heavy (non-hydrogen) atoms. The number of hydrogen-bond donors (Lipinski definition) is 2. The second-order valence-corrected chi connectivity index (χ2v) is 6.52. The van der Waals surface area contributed by atoms with Crippen molar-refractivity contribution in [1.82, 2.24) is 5.32 Å². The standard InChI is InChI=1S/C20H25NO3/c1-20(2,21-3)13-17(22)14-24-18-11-9-16(10-12-18)19(23)15-7-5-4-6-8-15/h4-12,17,21-22H,13-14H2,1-3H3. The highest BCUT2D eigenvalue weighted by Gasteiger charge is 2.20. The van der Waals surface area contributed by atoms with Gasteiger partial charge < -0.3 is 15.2 Å². The number of carbonyl (C=O) groups excluding carboxylic acids is 1. The third-order valence-corrected chi connectivity index (χ3v) is 4.02. The van der Waals surface area contributed by atoms with Crippen molar-refractivity contribution in [3.8, 4) is 5.75 Å². The molecular formula is C20H25NO3. The topological polar surface area (TPSA) is 58.6 Å². The molecule has 0 radical (unpaired) electrons. The summed E-state index contributed by atoms with van der Waals surface area (Å²) in [5.41, 5.74) is 1.13. The van der Waals surface area contributed by atoms with Gasteiger partial charge >= 0.3 is 0 Å². The molecule has 2 N–H and O–H groups in total. The van der Waals surface area contributed by atoms with Crippen molar-refractivity contribution in [2.45, 2.75) is 31.9 Å². The first-order valence-corrected chi connectivity index (χ1v) is 8.11. The van der Waals surface area contributed by atoms with Gasteiger partial charge in [-0.2, -0.15) is 0 Å². The second kappa shape index (κ2) is 8.08. The third-order valence-electron chi connectivity index (χ3n) is 4.02. The number of rotatable bonds is 8. The summed E-state index contributed by atoms with van der Waals surface area (Å²) in [5, 5.41) is 13.2. The van der Waals surface area contributed by atoms with E-state index in [4.69, 9.17) is 4.74 Å². The molecule has 0 bridgehead atoms. The zero-order chi connectivity index (χ0) is 17.6. The Hall–Kier alpha value is -2.17. The van der Waals surface area contributed by atoms with E-state index in [1.54, 1.807) is 36.4 Å². The average Bonchev–Trinajstić information content (AvgIpc) is 2.60. The Kier molecular flexibility index (Phi) is 6.12. The average molecular weight is 327 g/mol. The highest BCUT2D eigenvalue weighted by atomic mass is 16.5. The van der Waals surface area contributed by atoms with Gasteiger partial charge in [-0.1, -0.05) is 30.3 Å². The molecule has 4 nitrogen and oxygen atoms in total. The van der Waals surface area contributed by atoms with E-state index < -0.39 is 6.10 Å². The number of ketones is 1. The summed E-state index contributed by atoms with van der Waals surface area (Å²) < 4.78 is 5.61. The molecule has 0 fully saturated rings. The number of aliphatic hydroxyl groups excluding tert-OH is 1. The van der Waals surface area contributed by atoms with E-state index in [1.165, 1.54) is 0 Å². The molecule has 0 aromatic heterocycles. The summed E-state index contributed by atoms with van der Waals surface area (Å²) in [4.78, 5) is 12.3. The smallest absolute Gasteiger partial charge is 0.193 e. The van der Waals surface area contributed by atoms with Gasteiger partial charge in [0.1, 0.15) is 12.4 Å². The lowest BCUT2D eigenvalue weighted by Gasteiger charge is -2.26. The zero-order valence-electron chi connectivity index (χ0n) is 14.5. The number of carbonyl (C=O) groups is 1. The van der Waals surface area contributed by atoms with Gasteiger partial charge in [-0.25, -0.2) is 0 Å². The molecule has 0 heterocycles. The molecule has 0 saturated heterocycles. The summed E-state index contributed by atoms with van der Waals surface area (Å²) in [6.45, 7) is 4.28. The lowest BCUT2D eigenvalue weighted by Crippen LogP contribution is -2.41. The normalized spacial score (nSPS) is 12.7. The summed E-state index contributed by atoms with van der Waals surface area (Å²) in [7, 11) is 1.87. The van der Waals surface area contributed by atoms with Gasteiger partial charge in [0.05, 0.1) is 6.10 Å². The number of benzene rings is 2. The van der Waals surface area contributed by atoms with Crippen molar-refractivity contribution in [2.24, 2.45) is 0 Å². The first-order chi connectivity index (χ1) is 11.4. The Morgan fingerprint density at radius 3 is 2.25 bits per heavy atom. The first kappa shape index (κ1) is 18.2. The molecule has 0 aliphatic carbocycles. The van der Waals surface area contributed by atoms with E-state index in [-0.39, 0.29) is 17.9 Å². The fourth-order valence-electron chi connectivity index (χ4n) is 2.40. The Morgan fingerprint density at radius 1 is 1.08 bits per heavy atom. The Bertz CT molecular complexity index is 650. The van der Waals surface area contributed by atoms with Crippen LogP contribution in [0.1, 0.15) is 36.2 Å². The van der Waals surface area contributed by atoms with Crippen LogP contribution in [-0.2, 0) is 0 Å². The molecule has 0 saturated carbocycles. The molecule has 128 valence electrons. The minimum Gasteiger partial charge on any atom is -0.491 e. The van der Waals surface area contributed by atoms with Crippen LogP contribution >= 0.6 is 0 Å². The molecule has 0 amide bonds. The van der Waals surface area contributed by atoms with Gasteiger partial charge in [0.2, 0.25) is 0 Å². The summed E-state index contributed by atoms with van der Waals surface area (Å²) >= 11 is 0. The molecule has 0 spiro atoms. The van der Waals surface area contributed by atoms with E-state index >= 15 is 0 Å². The van der Waals surface area contributed by atoms with Gasteiger partial charge in [0.15, 0.2) is 5.78 Å². The van der Waals surface area contributed by atoms with E-state index in [9.17, 15) is 9.90 Å². The summed E-state index contributed by atoms with van der Waals surface area (Å²) in [6, 6.07) is 16.2. The van der Waals surface area contributed by atoms with E-state index in [2.05, 4.69) is 5.32 Å². The molecule has 0 aliphatic rings. The van der Waals surface area contributed by atoms with Crippen molar-refractivity contribution >= 4 is 5.78 Å². The van der Waals surface area contributed by atoms with E-state index in [0.717, 1.165) is 0 Å². The van der Waals surface area contributed by atoms with Crippen molar-refractivity contribution in [2.75, 3.05) is 13.7 Å². The Balaban J connectivity index is 1.92. The fraction of sp³-hybridized carbons (Fsp3) is 0.350. The van der Waals surface area contributed by atoms with Crippen molar-refractivity contribution in [3.05, 3.63) is 65.7 Å². The largest absolute Gasteiger partial charge is 0.491 e. The first-order valence-electron chi connectivity index (χ1n) is 8.11. The molecule has 2 aromatic rings. The summed E-state index contributed by atoms with van der Waals surface area (Å²) in [6.07, 6.45) is 0.0340. The molecule has 0 aliphatic heterocycles. The molecular weight excluding hydrogens is 302 g/mol. The maximum Gasteiger partial charge on any atom is 0.193 e. The monoisotopic (exact) mass is 327 g/mol. The Labute approximate surface area is 143 Å². The molecule has 1 unspecified atom stereocenters. The molecule has 4 heteroatoms. The van der Waals surface area contributed by atoms with E-state index in [0.29, 0.717) is 23.3 Å². The lowest BCUT2D eigenvalue weighted by atomic mass is 9.97. The summed E-state index contributed by atoms with van der Waals surface area (Å²) in [5.74, 6) is 0.624. The fourth-order valence-corrected chi connectivity index (χ4v) is 2.40. The van der Waals surface area contributed by atoms with Crippen LogP contribution < -0.4 is 10.1 Å². The van der Waals surface area contributed by atoms with Crippen LogP contribution in [0.3, 0.4) is 0 Å². The van der Waals surface area contributed by atoms with Crippen LogP contribution in [0.25, 0.3) is 0 Å². The van der Waals surface area contributed by atoms with Crippen LogP contribution in [-0.4, -0.2) is 36.2 Å². The van der Waals surface area contributed by atoms with Gasteiger partial charge in [-0.3, -0.25) is 4.79 Å². The van der Waals surface area contributed by atoms with Gasteiger partial charge in [-0.15, -0.1) is 0 Å². The lowest BCUT2D eigenvalue weighted by molar-refractivity contribution is 0.0784. The molecule has 1 atom stereocenters. The van der Waals surface area contributed by atoms with Crippen LogP contribution in [0, 0.1) is 0 Å². The highest BCUT2D eigenvalue weighted by molar-refractivity contribution is 6.08. The predicted octanol–water partition coefficient (Wildman–Crippen LogP) is 3.05. The minimum atomic E-state index is -0.557. The van der Waals surface area contributed by atoms with Crippen molar-refractivity contribution in [3.63, 3.8) is 0 Å². The number of hydrogen-bond acceptors (Lipinski definition) is 4.